The van der Waals surface area contributed by atoms with E-state index < -0.39 is 77.0 Å². The first-order valence-corrected chi connectivity index (χ1v) is 13.2. The van der Waals surface area contributed by atoms with Crippen molar-refractivity contribution in [3.8, 4) is 17.2 Å². The monoisotopic (exact) mass is 571 g/mol. The Kier molecular flexibility index (Phi) is 7.53. The lowest BCUT2D eigenvalue weighted by atomic mass is 9.71. The van der Waals surface area contributed by atoms with E-state index in [9.17, 15) is 35.1 Å². The van der Waals surface area contributed by atoms with E-state index in [1.807, 2.05) is 0 Å². The third-order valence-corrected chi connectivity index (χ3v) is 8.08. The van der Waals surface area contributed by atoms with E-state index in [1.54, 1.807) is 6.92 Å². The zero-order chi connectivity index (χ0) is 29.8. The zero-order valence-electron chi connectivity index (χ0n) is 22.7. The number of nitrogens with one attached hydrogen (secondary N) is 1. The molecule has 0 radical (unpaired) electrons. The van der Waals surface area contributed by atoms with E-state index in [1.165, 1.54) is 32.4 Å². The van der Waals surface area contributed by atoms with Gasteiger partial charge in [-0.05, 0) is 13.0 Å². The molecule has 8 N–H and O–H groups in total. The number of nitrogens with zero attached hydrogens (tertiary/aromatic N) is 1. The van der Waals surface area contributed by atoms with Crippen molar-refractivity contribution in [1.29, 1.82) is 0 Å². The molecule has 0 bridgehead atoms. The third kappa shape index (κ3) is 4.54. The summed E-state index contributed by atoms with van der Waals surface area (Å²) in [6.45, 7) is 0.957. The molecule has 13 heteroatoms. The minimum Gasteiger partial charge on any atom is -0.507 e. The summed E-state index contributed by atoms with van der Waals surface area (Å²) in [5.41, 5.74) is 5.62. The molecule has 3 aliphatic rings. The number of carbonyl (C=O) groups is 2. The number of nitrogens with two attached hydrogens (primary N) is 1. The maximum Gasteiger partial charge on any atom is 0.202 e. The fourth-order valence-corrected chi connectivity index (χ4v) is 6.03. The maximum atomic E-state index is 13.8. The number of hydrogen-bond acceptors (Lipinski definition) is 13. The van der Waals surface area contributed by atoms with Crippen LogP contribution >= 0.6 is 0 Å². The number of ether oxygens (including phenoxy) is 3. The third-order valence-electron chi connectivity index (χ3n) is 8.08. The van der Waals surface area contributed by atoms with Crippen molar-refractivity contribution in [2.45, 2.75) is 62.4 Å². The maximum absolute atomic E-state index is 13.8. The van der Waals surface area contributed by atoms with Gasteiger partial charge < -0.3 is 50.9 Å². The van der Waals surface area contributed by atoms with Gasteiger partial charge in [0.05, 0.1) is 54.4 Å². The predicted octanol–water partition coefficient (Wildman–Crippen LogP) is 0.00760. The van der Waals surface area contributed by atoms with Gasteiger partial charge in [0, 0.05) is 49.0 Å². The first kappa shape index (κ1) is 28.9. The Morgan fingerprint density at radius 3 is 2.54 bits per heavy atom. The van der Waals surface area contributed by atoms with Crippen LogP contribution in [0.5, 0.6) is 17.2 Å². The van der Waals surface area contributed by atoms with Gasteiger partial charge in [0.15, 0.2) is 12.1 Å². The summed E-state index contributed by atoms with van der Waals surface area (Å²) in [7, 11) is 2.82. The van der Waals surface area contributed by atoms with Crippen LogP contribution in [0.25, 0.3) is 0 Å². The predicted molar refractivity (Wildman–Crippen MR) is 143 cm³/mol. The summed E-state index contributed by atoms with van der Waals surface area (Å²) in [5, 5.41) is 59.1. The Bertz CT molecular complexity index is 1430. The molecule has 0 saturated carbocycles. The largest absolute Gasteiger partial charge is 0.507 e. The minimum absolute atomic E-state index is 0.0136. The molecule has 1 fully saturated rings. The number of benzene rings is 2. The quantitative estimate of drug-likeness (QED) is 0.118. The lowest BCUT2D eigenvalue weighted by Crippen LogP contribution is -2.53. The molecular weight excluding hydrogens is 538 g/mol. The second-order valence-corrected chi connectivity index (χ2v) is 10.5. The van der Waals surface area contributed by atoms with E-state index in [-0.39, 0.29) is 53.0 Å². The zero-order valence-corrected chi connectivity index (χ0v) is 22.7. The molecule has 220 valence electrons. The van der Waals surface area contributed by atoms with Gasteiger partial charge in [-0.25, -0.2) is 0 Å². The first-order valence-electron chi connectivity index (χ1n) is 13.2. The summed E-state index contributed by atoms with van der Waals surface area (Å²) < 4.78 is 17.3. The number of hydrogen-bond donors (Lipinski definition) is 7. The van der Waals surface area contributed by atoms with Crippen LogP contribution in [-0.2, 0) is 15.9 Å². The molecule has 2 aromatic rings. The number of methoxy groups -OCH3 is 1. The topological polar surface area (TPSA) is 213 Å². The highest BCUT2D eigenvalue weighted by molar-refractivity contribution is 6.31. The van der Waals surface area contributed by atoms with Crippen LogP contribution in [0.4, 0.5) is 0 Å². The molecule has 1 saturated heterocycles. The number of aromatic hydroxyl groups is 2. The van der Waals surface area contributed by atoms with Crippen molar-refractivity contribution in [2.75, 3.05) is 20.8 Å². The molecule has 2 aliphatic carbocycles. The number of ketones is 2. The average molecular weight is 572 g/mol. The molecule has 0 spiro atoms. The molecule has 13 nitrogen and oxygen atoms in total. The molecule has 2 aromatic carbocycles. The van der Waals surface area contributed by atoms with Gasteiger partial charge >= 0.3 is 0 Å². The molecule has 0 amide bonds. The van der Waals surface area contributed by atoms with Gasteiger partial charge in [0.25, 0.3) is 0 Å². The highest BCUT2D eigenvalue weighted by Gasteiger charge is 2.49. The molecule has 1 unspecified atom stereocenters. The number of aliphatic hydroxyl groups is 3. The SMILES string of the molecule is CN/N=C(\CO)[C@]1(O)Cc2c(O)c3c(c(O)c2C(O[C@H]2C[C@H](N)[C@H](O)[C@H](C)O2)C1)C(=O)c1c(OC)cccc1C3=O. The molecule has 41 heavy (non-hydrogen) atoms. The molecule has 1 heterocycles. The second-order valence-electron chi connectivity index (χ2n) is 10.5. The van der Waals surface area contributed by atoms with Gasteiger partial charge in [-0.1, -0.05) is 12.1 Å². The van der Waals surface area contributed by atoms with Crippen LogP contribution in [0.15, 0.2) is 23.3 Å². The summed E-state index contributed by atoms with van der Waals surface area (Å²) in [6, 6.07) is 3.76. The standard InChI is InChI=1S/C28H33N3O10/c1-11-23(33)14(29)7-18(40-11)41-16-9-28(38,17(10-32)31-30-2)8-13-20(16)27(37)22-21(25(13)35)24(34)12-5-4-6-15(39-3)19(12)26(22)36/h4-6,11,14,16,18,23,30,32-33,35,37-38H,7-10,29H2,1-3H3/b31-17+/t11-,14-,16?,18-,23+,28-/m0/s1. The van der Waals surface area contributed by atoms with Gasteiger partial charge in [0.1, 0.15) is 22.8 Å². The normalized spacial score (nSPS) is 29.4. The summed E-state index contributed by atoms with van der Waals surface area (Å²) in [6.07, 6.45) is -4.46. The highest BCUT2D eigenvalue weighted by atomic mass is 16.7. The van der Waals surface area contributed by atoms with E-state index >= 15 is 0 Å². The van der Waals surface area contributed by atoms with Crippen molar-refractivity contribution in [3.05, 3.63) is 51.6 Å². The van der Waals surface area contributed by atoms with E-state index in [2.05, 4.69) is 10.5 Å². The van der Waals surface area contributed by atoms with Crippen LogP contribution in [0.1, 0.15) is 68.8 Å². The smallest absolute Gasteiger partial charge is 0.202 e. The molecular formula is C28H33N3O10. The van der Waals surface area contributed by atoms with Crippen LogP contribution in [-0.4, -0.2) is 93.7 Å². The van der Waals surface area contributed by atoms with E-state index in [0.717, 1.165) is 0 Å². The van der Waals surface area contributed by atoms with Crippen LogP contribution in [0, 0.1) is 0 Å². The van der Waals surface area contributed by atoms with Crippen LogP contribution < -0.4 is 15.9 Å². The average Bonchev–Trinajstić information content (AvgIpc) is 2.94. The minimum atomic E-state index is -1.90. The number of aliphatic hydroxyl groups excluding tert-OH is 2. The van der Waals surface area contributed by atoms with Crippen LogP contribution in [0.3, 0.4) is 0 Å². The summed E-state index contributed by atoms with van der Waals surface area (Å²) in [4.78, 5) is 27.4. The molecule has 6 atom stereocenters. The Labute approximate surface area is 235 Å². The van der Waals surface area contributed by atoms with Crippen molar-refractivity contribution in [3.63, 3.8) is 0 Å². The van der Waals surface area contributed by atoms with Gasteiger partial charge in [-0.2, -0.15) is 5.10 Å². The number of hydrazone groups is 1. The number of rotatable bonds is 6. The van der Waals surface area contributed by atoms with Crippen molar-refractivity contribution in [2.24, 2.45) is 10.8 Å². The Morgan fingerprint density at radius 1 is 1.20 bits per heavy atom. The lowest BCUT2D eigenvalue weighted by Gasteiger charge is -2.43. The van der Waals surface area contributed by atoms with Crippen LogP contribution in [0.2, 0.25) is 0 Å². The number of phenols is 2. The molecule has 1 aliphatic heterocycles. The number of carbonyl (C=O) groups excluding carboxylic acids is 2. The van der Waals surface area contributed by atoms with Gasteiger partial charge in [0.2, 0.25) is 5.78 Å². The highest BCUT2D eigenvalue weighted by Crippen LogP contribution is 2.52. The van der Waals surface area contributed by atoms with Crippen molar-refractivity contribution in [1.82, 2.24) is 5.43 Å². The lowest BCUT2D eigenvalue weighted by molar-refractivity contribution is -0.245. The van der Waals surface area contributed by atoms with Gasteiger partial charge in [-0.3, -0.25) is 9.59 Å². The summed E-state index contributed by atoms with van der Waals surface area (Å²) in [5.74, 6) is -2.54. The first-order chi connectivity index (χ1) is 19.5. The summed E-state index contributed by atoms with van der Waals surface area (Å²) >= 11 is 0. The molecule has 0 aromatic heterocycles. The van der Waals surface area contributed by atoms with Crippen molar-refractivity contribution < 1.29 is 49.3 Å². The fraction of sp³-hybridized carbons (Fsp3) is 0.464. The van der Waals surface area contributed by atoms with E-state index in [0.29, 0.717) is 0 Å². The van der Waals surface area contributed by atoms with Crippen molar-refractivity contribution >= 4 is 17.3 Å². The van der Waals surface area contributed by atoms with Gasteiger partial charge in [-0.15, -0.1) is 0 Å². The number of fused-ring (bicyclic) bond motifs is 3. The Balaban J connectivity index is 1.70. The number of phenolic OH excluding ortho intramolecular Hbond substituents is 2. The second kappa shape index (κ2) is 10.7. The van der Waals surface area contributed by atoms with E-state index in [4.69, 9.17) is 19.9 Å². The Hall–Kier alpha value is -3.59. The fourth-order valence-electron chi connectivity index (χ4n) is 6.03. The Morgan fingerprint density at radius 2 is 1.90 bits per heavy atom. The molecule has 5 rings (SSSR count).